The molecular formula is C15H22O2. The Morgan fingerprint density at radius 3 is 2.71 bits per heavy atom. The number of carboxylic acids is 1. The van der Waals surface area contributed by atoms with Gasteiger partial charge >= 0.3 is 5.97 Å². The van der Waals surface area contributed by atoms with Gasteiger partial charge in [0.2, 0.25) is 0 Å². The minimum absolute atomic E-state index is 0.278. The van der Waals surface area contributed by atoms with Crippen molar-refractivity contribution in [2.45, 2.75) is 52.9 Å². The van der Waals surface area contributed by atoms with Crippen molar-refractivity contribution in [3.63, 3.8) is 0 Å². The molecule has 0 amide bonds. The van der Waals surface area contributed by atoms with Gasteiger partial charge in [0.1, 0.15) is 0 Å². The second-order valence-corrected chi connectivity index (χ2v) is 7.19. The minimum Gasteiger partial charge on any atom is -0.478 e. The van der Waals surface area contributed by atoms with E-state index >= 15 is 0 Å². The second kappa shape index (κ2) is 2.96. The summed E-state index contributed by atoms with van der Waals surface area (Å²) in [6.07, 6.45) is 7.92. The van der Waals surface area contributed by atoms with Gasteiger partial charge in [-0.3, -0.25) is 0 Å². The first-order valence-corrected chi connectivity index (χ1v) is 6.77. The van der Waals surface area contributed by atoms with Gasteiger partial charge in [0.25, 0.3) is 0 Å². The molecule has 1 N–H and O–H groups in total. The van der Waals surface area contributed by atoms with Crippen molar-refractivity contribution in [1.82, 2.24) is 0 Å². The maximum absolute atomic E-state index is 11.3. The summed E-state index contributed by atoms with van der Waals surface area (Å²) in [5.41, 5.74) is 1.64. The summed E-state index contributed by atoms with van der Waals surface area (Å²) in [7, 11) is 0. The maximum Gasteiger partial charge on any atom is 0.331 e. The molecule has 2 saturated carbocycles. The van der Waals surface area contributed by atoms with Crippen molar-refractivity contribution in [2.24, 2.45) is 22.2 Å². The molecule has 0 aliphatic heterocycles. The van der Waals surface area contributed by atoms with Gasteiger partial charge in [-0.05, 0) is 47.8 Å². The molecule has 1 spiro atoms. The van der Waals surface area contributed by atoms with Crippen molar-refractivity contribution in [2.75, 3.05) is 0 Å². The van der Waals surface area contributed by atoms with Crippen molar-refractivity contribution >= 4 is 5.97 Å². The summed E-state index contributed by atoms with van der Waals surface area (Å²) in [5, 5.41) is 9.31. The van der Waals surface area contributed by atoms with Gasteiger partial charge in [-0.25, -0.2) is 4.79 Å². The van der Waals surface area contributed by atoms with Gasteiger partial charge in [-0.15, -0.1) is 0 Å². The molecule has 94 valence electrons. The van der Waals surface area contributed by atoms with Crippen LogP contribution in [0, 0.1) is 22.2 Å². The lowest BCUT2D eigenvalue weighted by Crippen LogP contribution is -2.47. The Morgan fingerprint density at radius 2 is 2.06 bits per heavy atom. The molecule has 3 atom stereocenters. The quantitative estimate of drug-likeness (QED) is 0.752. The maximum atomic E-state index is 11.3. The van der Waals surface area contributed by atoms with E-state index in [9.17, 15) is 9.90 Å². The van der Waals surface area contributed by atoms with Crippen LogP contribution in [0.4, 0.5) is 0 Å². The van der Waals surface area contributed by atoms with Crippen LogP contribution in [0.15, 0.2) is 11.6 Å². The third-order valence-electron chi connectivity index (χ3n) is 6.17. The first-order chi connectivity index (χ1) is 7.84. The molecule has 2 nitrogen and oxygen atoms in total. The Bertz CT molecular complexity index is 421. The summed E-state index contributed by atoms with van der Waals surface area (Å²) in [6, 6.07) is 0. The Kier molecular flexibility index (Phi) is 1.97. The molecule has 0 bridgehead atoms. The molecule has 3 rings (SSSR count). The highest BCUT2D eigenvalue weighted by Crippen LogP contribution is 2.80. The Balaban J connectivity index is 2.07. The molecule has 0 unspecified atom stereocenters. The summed E-state index contributed by atoms with van der Waals surface area (Å²) in [6.45, 7) is 7.10. The number of carboxylic acid groups (broad SMARTS) is 1. The fourth-order valence-electron chi connectivity index (χ4n) is 5.24. The van der Waals surface area contributed by atoms with E-state index in [1.807, 2.05) is 6.08 Å². The van der Waals surface area contributed by atoms with Gasteiger partial charge in [-0.2, -0.15) is 0 Å². The van der Waals surface area contributed by atoms with Crippen LogP contribution in [0.3, 0.4) is 0 Å². The van der Waals surface area contributed by atoms with Crippen molar-refractivity contribution in [3.8, 4) is 0 Å². The molecule has 0 radical (unpaired) electrons. The monoisotopic (exact) mass is 234 g/mol. The SMILES string of the molecule is CC1(C)CCC[C@]2(C)CC=C(C(=O)O)[C@@H]3C[C@]312. The normalized spacial score (nSPS) is 46.5. The molecule has 0 heterocycles. The first kappa shape index (κ1) is 11.3. The van der Waals surface area contributed by atoms with E-state index in [1.54, 1.807) is 0 Å². The standard InChI is InChI=1S/C15H22O2/c1-13(2)6-4-7-14(3)8-5-10(12(16)17)11-9-15(11,13)14/h5,11H,4,6-9H2,1-3H3,(H,16,17)/t11-,14+,15-/m0/s1. The molecule has 0 aromatic rings. The predicted molar refractivity (Wildman–Crippen MR) is 66.6 cm³/mol. The van der Waals surface area contributed by atoms with Crippen LogP contribution < -0.4 is 0 Å². The highest BCUT2D eigenvalue weighted by atomic mass is 16.4. The first-order valence-electron chi connectivity index (χ1n) is 6.77. The van der Waals surface area contributed by atoms with E-state index in [0.29, 0.717) is 22.3 Å². The number of carbonyl (C=O) groups is 1. The molecule has 17 heavy (non-hydrogen) atoms. The Hall–Kier alpha value is -0.790. The fraction of sp³-hybridized carbons (Fsp3) is 0.800. The molecule has 0 saturated heterocycles. The molecular weight excluding hydrogens is 212 g/mol. The van der Waals surface area contributed by atoms with E-state index in [4.69, 9.17) is 0 Å². The molecule has 0 aromatic carbocycles. The van der Waals surface area contributed by atoms with E-state index in [0.717, 1.165) is 12.8 Å². The Labute approximate surface area is 103 Å². The molecule has 3 aliphatic carbocycles. The molecule has 0 aromatic heterocycles. The van der Waals surface area contributed by atoms with Gasteiger partial charge in [-0.1, -0.05) is 33.3 Å². The third kappa shape index (κ3) is 1.14. The van der Waals surface area contributed by atoms with Gasteiger partial charge in [0.05, 0.1) is 0 Å². The summed E-state index contributed by atoms with van der Waals surface area (Å²) in [5.74, 6) is -0.357. The van der Waals surface area contributed by atoms with Crippen molar-refractivity contribution in [1.29, 1.82) is 0 Å². The number of allylic oxidation sites excluding steroid dienone is 1. The summed E-state index contributed by atoms with van der Waals surface area (Å²) in [4.78, 5) is 11.3. The lowest BCUT2D eigenvalue weighted by Gasteiger charge is -2.54. The largest absolute Gasteiger partial charge is 0.478 e. The van der Waals surface area contributed by atoms with Gasteiger partial charge < -0.3 is 5.11 Å². The van der Waals surface area contributed by atoms with Crippen LogP contribution in [-0.4, -0.2) is 11.1 Å². The van der Waals surface area contributed by atoms with Gasteiger partial charge in [0, 0.05) is 5.57 Å². The molecule has 3 aliphatic rings. The zero-order valence-electron chi connectivity index (χ0n) is 11.0. The summed E-state index contributed by atoms with van der Waals surface area (Å²) >= 11 is 0. The minimum atomic E-state index is -0.685. The predicted octanol–water partition coefficient (Wildman–Crippen LogP) is 3.62. The van der Waals surface area contributed by atoms with Crippen molar-refractivity contribution < 1.29 is 9.90 Å². The number of hydrogen-bond donors (Lipinski definition) is 1. The number of hydrogen-bond acceptors (Lipinski definition) is 1. The highest BCUT2D eigenvalue weighted by molar-refractivity contribution is 5.88. The zero-order chi connectivity index (χ0) is 12.5. The zero-order valence-corrected chi connectivity index (χ0v) is 11.0. The van der Waals surface area contributed by atoms with Crippen LogP contribution in [0.5, 0.6) is 0 Å². The van der Waals surface area contributed by atoms with E-state index in [2.05, 4.69) is 20.8 Å². The topological polar surface area (TPSA) is 37.3 Å². The second-order valence-electron chi connectivity index (χ2n) is 7.19. The highest BCUT2D eigenvalue weighted by Gasteiger charge is 2.73. The Morgan fingerprint density at radius 1 is 1.35 bits per heavy atom. The average Bonchev–Trinajstić information content (AvgIpc) is 2.93. The van der Waals surface area contributed by atoms with E-state index < -0.39 is 5.97 Å². The van der Waals surface area contributed by atoms with Crippen LogP contribution in [0.1, 0.15) is 52.9 Å². The lowest BCUT2D eigenvalue weighted by atomic mass is 9.50. The smallest absolute Gasteiger partial charge is 0.331 e. The fourth-order valence-corrected chi connectivity index (χ4v) is 5.24. The van der Waals surface area contributed by atoms with Crippen LogP contribution in [0.25, 0.3) is 0 Å². The molecule has 2 heteroatoms. The number of aliphatic carboxylic acids is 1. The van der Waals surface area contributed by atoms with Crippen LogP contribution >= 0.6 is 0 Å². The molecule has 2 fully saturated rings. The van der Waals surface area contributed by atoms with Crippen LogP contribution in [-0.2, 0) is 4.79 Å². The van der Waals surface area contributed by atoms with Gasteiger partial charge in [0.15, 0.2) is 0 Å². The summed E-state index contributed by atoms with van der Waals surface area (Å²) < 4.78 is 0. The van der Waals surface area contributed by atoms with E-state index in [1.165, 1.54) is 19.3 Å². The van der Waals surface area contributed by atoms with E-state index in [-0.39, 0.29) is 5.41 Å². The van der Waals surface area contributed by atoms with Crippen LogP contribution in [0.2, 0.25) is 0 Å². The van der Waals surface area contributed by atoms with Crippen molar-refractivity contribution in [3.05, 3.63) is 11.6 Å². The average molecular weight is 234 g/mol. The number of rotatable bonds is 1. The lowest BCUT2D eigenvalue weighted by molar-refractivity contribution is -0.133. The third-order valence-corrected chi connectivity index (χ3v) is 6.17.